The molecule has 0 radical (unpaired) electrons. The van der Waals surface area contributed by atoms with Crippen LogP contribution in [0.15, 0.2) is 46.3 Å². The van der Waals surface area contributed by atoms with E-state index in [1.807, 2.05) is 32.9 Å². The summed E-state index contributed by atoms with van der Waals surface area (Å²) in [6.45, 7) is 8.02. The highest BCUT2D eigenvalue weighted by atomic mass is 32.2. The first kappa shape index (κ1) is 28.9. The number of benzene rings is 1. The number of aromatic nitrogens is 5. The summed E-state index contributed by atoms with van der Waals surface area (Å²) >= 11 is 0. The van der Waals surface area contributed by atoms with Crippen LogP contribution in [0.1, 0.15) is 62.1 Å². The second-order valence-electron chi connectivity index (χ2n) is 11.4. The van der Waals surface area contributed by atoms with Crippen molar-refractivity contribution >= 4 is 31.8 Å². The maximum Gasteiger partial charge on any atom is 0.279 e. The standard InChI is InChI=1S/C31H32FN5O5S/c1-16(2)25-27(18(4)11-12-33-25)36-30-19(28(38)29(31(36)39)43(5,40)41)14-21(32)26(35-30)24-17(3)9-10-22-20(24)15-34-37(22)23-8-6-7-13-42-23/h9-12,14-16,23,38H,6-8,13H2,1-5H3. The Hall–Kier alpha value is -4.16. The van der Waals surface area contributed by atoms with Crippen molar-refractivity contribution in [3.8, 4) is 22.7 Å². The smallest absolute Gasteiger partial charge is 0.279 e. The number of hydrogen-bond acceptors (Lipinski definition) is 8. The van der Waals surface area contributed by atoms with E-state index in [4.69, 9.17) is 4.74 Å². The Labute approximate surface area is 247 Å². The van der Waals surface area contributed by atoms with Crippen LogP contribution in [0.2, 0.25) is 0 Å². The normalized spacial score (nSPS) is 16.0. The molecule has 1 saturated heterocycles. The van der Waals surface area contributed by atoms with Crippen LogP contribution in [-0.2, 0) is 14.6 Å². The first-order valence-corrected chi connectivity index (χ1v) is 16.0. The van der Waals surface area contributed by atoms with Gasteiger partial charge in [0, 0.05) is 30.0 Å². The second-order valence-corrected chi connectivity index (χ2v) is 13.4. The number of aromatic hydroxyl groups is 1. The van der Waals surface area contributed by atoms with Crippen molar-refractivity contribution in [1.82, 2.24) is 24.3 Å². The first-order valence-electron chi connectivity index (χ1n) is 14.1. The molecule has 1 N–H and O–H groups in total. The molecule has 12 heteroatoms. The Morgan fingerprint density at radius 3 is 2.56 bits per heavy atom. The van der Waals surface area contributed by atoms with Crippen molar-refractivity contribution in [2.75, 3.05) is 12.9 Å². The van der Waals surface area contributed by atoms with E-state index in [1.165, 1.54) is 0 Å². The van der Waals surface area contributed by atoms with Crippen LogP contribution in [0.25, 0.3) is 38.9 Å². The molecule has 5 heterocycles. The minimum absolute atomic E-state index is 0.0630. The lowest BCUT2D eigenvalue weighted by atomic mass is 9.99. The Morgan fingerprint density at radius 2 is 1.88 bits per heavy atom. The third kappa shape index (κ3) is 4.69. The molecule has 1 fully saturated rings. The highest BCUT2D eigenvalue weighted by Gasteiger charge is 2.30. The molecule has 1 aliphatic rings. The molecule has 0 spiro atoms. The zero-order chi connectivity index (χ0) is 30.8. The molecular formula is C31H32FN5O5S. The Morgan fingerprint density at radius 1 is 1.12 bits per heavy atom. The number of fused-ring (bicyclic) bond motifs is 2. The van der Waals surface area contributed by atoms with E-state index < -0.39 is 31.9 Å². The average Bonchev–Trinajstić information content (AvgIpc) is 3.38. The number of ether oxygens (including phenoxy) is 1. The van der Waals surface area contributed by atoms with Crippen LogP contribution >= 0.6 is 0 Å². The molecule has 10 nitrogen and oxygen atoms in total. The monoisotopic (exact) mass is 605 g/mol. The Kier molecular flexibility index (Phi) is 7.09. The van der Waals surface area contributed by atoms with Crippen molar-refractivity contribution in [3.05, 3.63) is 69.7 Å². The molecule has 224 valence electrons. The Bertz CT molecular complexity index is 2100. The lowest BCUT2D eigenvalue weighted by Gasteiger charge is -2.23. The number of sulfone groups is 1. The van der Waals surface area contributed by atoms with Gasteiger partial charge in [0.1, 0.15) is 11.5 Å². The predicted molar refractivity (Wildman–Crippen MR) is 161 cm³/mol. The summed E-state index contributed by atoms with van der Waals surface area (Å²) in [6, 6.07) is 6.49. The summed E-state index contributed by atoms with van der Waals surface area (Å²) < 4.78 is 50.6. The van der Waals surface area contributed by atoms with Crippen molar-refractivity contribution in [2.24, 2.45) is 0 Å². The highest BCUT2D eigenvalue weighted by Crippen LogP contribution is 2.39. The van der Waals surface area contributed by atoms with Gasteiger partial charge >= 0.3 is 0 Å². The largest absolute Gasteiger partial charge is 0.506 e. The molecule has 0 amide bonds. The number of halogens is 1. The zero-order valence-corrected chi connectivity index (χ0v) is 25.4. The quantitative estimate of drug-likeness (QED) is 0.279. The van der Waals surface area contributed by atoms with E-state index in [1.54, 1.807) is 30.1 Å². The van der Waals surface area contributed by atoms with Crippen LogP contribution in [0.5, 0.6) is 5.75 Å². The highest BCUT2D eigenvalue weighted by molar-refractivity contribution is 7.90. The van der Waals surface area contributed by atoms with Gasteiger partial charge in [-0.25, -0.2) is 22.5 Å². The van der Waals surface area contributed by atoms with Gasteiger partial charge in [-0.1, -0.05) is 19.9 Å². The summed E-state index contributed by atoms with van der Waals surface area (Å²) in [5.41, 5.74) is 2.26. The maximum absolute atomic E-state index is 16.1. The van der Waals surface area contributed by atoms with Crippen molar-refractivity contribution < 1.29 is 22.7 Å². The van der Waals surface area contributed by atoms with Crippen molar-refractivity contribution in [3.63, 3.8) is 0 Å². The van der Waals surface area contributed by atoms with E-state index >= 15 is 4.39 Å². The molecule has 1 aliphatic heterocycles. The maximum atomic E-state index is 16.1. The molecular weight excluding hydrogens is 573 g/mol. The molecule has 1 unspecified atom stereocenters. The molecule has 0 bridgehead atoms. The van der Waals surface area contributed by atoms with E-state index in [0.29, 0.717) is 40.1 Å². The third-order valence-corrected chi connectivity index (χ3v) is 9.09. The number of hydrogen-bond donors (Lipinski definition) is 1. The molecule has 1 aromatic carbocycles. The van der Waals surface area contributed by atoms with Gasteiger partial charge in [-0.2, -0.15) is 5.10 Å². The average molecular weight is 606 g/mol. The molecule has 0 saturated carbocycles. The summed E-state index contributed by atoms with van der Waals surface area (Å²) in [7, 11) is -4.23. The van der Waals surface area contributed by atoms with Crippen molar-refractivity contribution in [2.45, 2.75) is 64.0 Å². The van der Waals surface area contributed by atoms with Gasteiger partial charge in [0.2, 0.25) is 0 Å². The molecule has 43 heavy (non-hydrogen) atoms. The number of rotatable bonds is 5. The number of pyridine rings is 3. The van der Waals surface area contributed by atoms with Crippen LogP contribution in [0, 0.1) is 19.7 Å². The molecule has 5 aromatic rings. The summed E-state index contributed by atoms with van der Waals surface area (Å²) in [6.07, 6.45) is 6.64. The van der Waals surface area contributed by atoms with Gasteiger partial charge in [-0.15, -0.1) is 0 Å². The fraction of sp³-hybridized carbons (Fsp3) is 0.355. The van der Waals surface area contributed by atoms with Gasteiger partial charge in [0.25, 0.3) is 5.56 Å². The lowest BCUT2D eigenvalue weighted by Crippen LogP contribution is -2.27. The summed E-state index contributed by atoms with van der Waals surface area (Å²) in [5, 5.41) is 16.1. The Balaban J connectivity index is 1.73. The van der Waals surface area contributed by atoms with E-state index in [0.717, 1.165) is 41.7 Å². The lowest BCUT2D eigenvalue weighted by molar-refractivity contribution is -0.0366. The van der Waals surface area contributed by atoms with Crippen LogP contribution in [0.4, 0.5) is 4.39 Å². The first-order chi connectivity index (χ1) is 20.4. The van der Waals surface area contributed by atoms with Gasteiger partial charge in [0.15, 0.2) is 32.4 Å². The van der Waals surface area contributed by atoms with Crippen LogP contribution in [-0.4, -0.2) is 50.7 Å². The van der Waals surface area contributed by atoms with Crippen LogP contribution < -0.4 is 5.56 Å². The van der Waals surface area contributed by atoms with E-state index in [2.05, 4.69) is 15.1 Å². The van der Waals surface area contributed by atoms with Gasteiger partial charge in [0.05, 0.1) is 28.5 Å². The van der Waals surface area contributed by atoms with Gasteiger partial charge < -0.3 is 9.84 Å². The number of nitrogens with zero attached hydrogens (tertiary/aromatic N) is 5. The summed E-state index contributed by atoms with van der Waals surface area (Å²) in [4.78, 5) is 22.3. The molecule has 6 rings (SSSR count). The zero-order valence-electron chi connectivity index (χ0n) is 24.5. The third-order valence-electron chi connectivity index (χ3n) is 7.98. The molecule has 1 atom stereocenters. The fourth-order valence-corrected chi connectivity index (χ4v) is 6.81. The van der Waals surface area contributed by atoms with E-state index in [-0.39, 0.29) is 28.9 Å². The topological polar surface area (TPSA) is 129 Å². The predicted octanol–water partition coefficient (Wildman–Crippen LogP) is 5.48. The van der Waals surface area contributed by atoms with Gasteiger partial charge in [-0.3, -0.25) is 14.3 Å². The van der Waals surface area contributed by atoms with Gasteiger partial charge in [-0.05, 0) is 68.4 Å². The van der Waals surface area contributed by atoms with Crippen molar-refractivity contribution in [1.29, 1.82) is 0 Å². The van der Waals surface area contributed by atoms with Crippen LogP contribution in [0.3, 0.4) is 0 Å². The minimum atomic E-state index is -4.23. The minimum Gasteiger partial charge on any atom is -0.506 e. The summed E-state index contributed by atoms with van der Waals surface area (Å²) in [5.74, 6) is -1.80. The SMILES string of the molecule is Cc1ccnc(C(C)C)c1-n1c(=O)c(S(C)(=O)=O)c(O)c2cc(F)c(-c3c(C)ccc4c3cnn4C3CCCCO3)nc21. The fourth-order valence-electron chi connectivity index (χ4n) is 5.94. The van der Waals surface area contributed by atoms with E-state index in [9.17, 15) is 18.3 Å². The second kappa shape index (κ2) is 10.5. The molecule has 4 aromatic heterocycles. The molecule has 0 aliphatic carbocycles. The number of aryl methyl sites for hydroxylation is 2.